The third kappa shape index (κ3) is 3.32. The number of aryl methyl sites for hydroxylation is 1. The molecule has 0 bridgehead atoms. The Morgan fingerprint density at radius 3 is 2.65 bits per heavy atom. The number of amides is 2. The van der Waals surface area contributed by atoms with Crippen LogP contribution in [0.4, 0.5) is 10.5 Å². The van der Waals surface area contributed by atoms with Gasteiger partial charge in [0.25, 0.3) is 0 Å². The summed E-state index contributed by atoms with van der Waals surface area (Å²) in [4.78, 5) is 16.1. The number of anilines is 1. The van der Waals surface area contributed by atoms with Crippen LogP contribution in [0.15, 0.2) is 36.9 Å². The van der Waals surface area contributed by atoms with Crippen LogP contribution in [0.25, 0.3) is 0 Å². The predicted octanol–water partition coefficient (Wildman–Crippen LogP) is 2.27. The number of para-hydroxylation sites is 1. The molecule has 1 aliphatic heterocycles. The Kier molecular flexibility index (Phi) is 5.04. The molecule has 0 unspecified atom stereocenters. The van der Waals surface area contributed by atoms with Crippen LogP contribution in [0, 0.1) is 0 Å². The van der Waals surface area contributed by atoms with Crippen LogP contribution in [-0.4, -0.2) is 43.7 Å². The Morgan fingerprint density at radius 2 is 2.00 bits per heavy atom. The highest BCUT2D eigenvalue weighted by molar-refractivity contribution is 5.74. The van der Waals surface area contributed by atoms with Crippen LogP contribution in [0.5, 0.6) is 0 Å². The summed E-state index contributed by atoms with van der Waals surface area (Å²) >= 11 is 0. The van der Waals surface area contributed by atoms with E-state index in [0.29, 0.717) is 6.54 Å². The molecule has 108 valence electrons. The van der Waals surface area contributed by atoms with Gasteiger partial charge in [0, 0.05) is 38.4 Å². The van der Waals surface area contributed by atoms with E-state index in [2.05, 4.69) is 48.0 Å². The van der Waals surface area contributed by atoms with E-state index >= 15 is 0 Å². The maximum absolute atomic E-state index is 11.9. The maximum atomic E-state index is 11.9. The van der Waals surface area contributed by atoms with Crippen LogP contribution >= 0.6 is 0 Å². The van der Waals surface area contributed by atoms with Crippen LogP contribution in [0.3, 0.4) is 0 Å². The summed E-state index contributed by atoms with van der Waals surface area (Å²) in [5.41, 5.74) is 2.68. The van der Waals surface area contributed by atoms with Crippen LogP contribution < -0.4 is 10.2 Å². The highest BCUT2D eigenvalue weighted by atomic mass is 16.2. The Labute approximate surface area is 121 Å². The lowest BCUT2D eigenvalue weighted by atomic mass is 10.1. The molecule has 4 heteroatoms. The maximum Gasteiger partial charge on any atom is 0.317 e. The van der Waals surface area contributed by atoms with Crippen LogP contribution in [-0.2, 0) is 6.42 Å². The second kappa shape index (κ2) is 6.98. The standard InChI is InChI=1S/C16H23N3O/c1-3-9-17-16(20)19-12-10-18(11-13-19)15-8-6-5-7-14(15)4-2/h3,5-8H,1,4,9-13H2,2H3,(H,17,20). The zero-order chi connectivity index (χ0) is 14.4. The van der Waals surface area contributed by atoms with E-state index in [1.54, 1.807) is 6.08 Å². The normalized spacial score (nSPS) is 15.1. The molecule has 1 aromatic rings. The molecular formula is C16H23N3O. The van der Waals surface area contributed by atoms with Crippen LogP contribution in [0.1, 0.15) is 12.5 Å². The van der Waals surface area contributed by atoms with Gasteiger partial charge < -0.3 is 15.1 Å². The van der Waals surface area contributed by atoms with Crippen molar-refractivity contribution in [2.45, 2.75) is 13.3 Å². The summed E-state index contributed by atoms with van der Waals surface area (Å²) in [5, 5.41) is 2.83. The first-order valence-corrected chi connectivity index (χ1v) is 7.22. The van der Waals surface area contributed by atoms with Crippen molar-refractivity contribution in [3.05, 3.63) is 42.5 Å². The third-order valence-electron chi connectivity index (χ3n) is 3.68. The van der Waals surface area contributed by atoms with Gasteiger partial charge in [0.15, 0.2) is 0 Å². The van der Waals surface area contributed by atoms with Crippen molar-refractivity contribution < 1.29 is 4.79 Å². The average Bonchev–Trinajstić information content (AvgIpc) is 2.52. The summed E-state index contributed by atoms with van der Waals surface area (Å²) in [5.74, 6) is 0. The second-order valence-electron chi connectivity index (χ2n) is 4.93. The third-order valence-corrected chi connectivity index (χ3v) is 3.68. The van der Waals surface area contributed by atoms with E-state index in [1.807, 2.05) is 4.90 Å². The van der Waals surface area contributed by atoms with Gasteiger partial charge in [-0.1, -0.05) is 31.2 Å². The molecule has 20 heavy (non-hydrogen) atoms. The number of urea groups is 1. The van der Waals surface area contributed by atoms with Gasteiger partial charge in [0.2, 0.25) is 0 Å². The molecule has 1 fully saturated rings. The molecule has 0 aromatic heterocycles. The number of carbonyl (C=O) groups excluding carboxylic acids is 1. The SMILES string of the molecule is C=CCNC(=O)N1CCN(c2ccccc2CC)CC1. The summed E-state index contributed by atoms with van der Waals surface area (Å²) in [6.45, 7) is 9.62. The number of piperazine rings is 1. The smallest absolute Gasteiger partial charge is 0.317 e. The first-order chi connectivity index (χ1) is 9.76. The fourth-order valence-electron chi connectivity index (χ4n) is 2.54. The van der Waals surface area contributed by atoms with Gasteiger partial charge in [-0.25, -0.2) is 4.79 Å². The lowest BCUT2D eigenvalue weighted by molar-refractivity contribution is 0.195. The number of benzene rings is 1. The molecule has 0 atom stereocenters. The minimum atomic E-state index is 0.00771. The molecular weight excluding hydrogens is 250 g/mol. The van der Waals surface area contributed by atoms with Crippen molar-refractivity contribution in [2.75, 3.05) is 37.6 Å². The number of hydrogen-bond donors (Lipinski definition) is 1. The summed E-state index contributed by atoms with van der Waals surface area (Å²) in [6.07, 6.45) is 2.74. The van der Waals surface area contributed by atoms with Gasteiger partial charge >= 0.3 is 6.03 Å². The van der Waals surface area contributed by atoms with E-state index in [4.69, 9.17) is 0 Å². The van der Waals surface area contributed by atoms with Crippen LogP contribution in [0.2, 0.25) is 0 Å². The lowest BCUT2D eigenvalue weighted by Gasteiger charge is -2.36. The Hall–Kier alpha value is -1.97. The average molecular weight is 273 g/mol. The zero-order valence-corrected chi connectivity index (χ0v) is 12.1. The molecule has 2 rings (SSSR count). The molecule has 1 heterocycles. The Balaban J connectivity index is 1.94. The van der Waals surface area contributed by atoms with E-state index in [-0.39, 0.29) is 6.03 Å². The highest BCUT2D eigenvalue weighted by Gasteiger charge is 2.21. The first-order valence-electron chi connectivity index (χ1n) is 7.22. The van der Waals surface area contributed by atoms with E-state index in [0.717, 1.165) is 32.6 Å². The van der Waals surface area contributed by atoms with Gasteiger partial charge in [-0.2, -0.15) is 0 Å². The first kappa shape index (κ1) is 14.4. The van der Waals surface area contributed by atoms with Gasteiger partial charge in [-0.05, 0) is 18.1 Å². The lowest BCUT2D eigenvalue weighted by Crippen LogP contribution is -2.52. The molecule has 2 amide bonds. The van der Waals surface area contributed by atoms with E-state index in [1.165, 1.54) is 11.3 Å². The quantitative estimate of drug-likeness (QED) is 0.854. The second-order valence-corrected chi connectivity index (χ2v) is 4.93. The van der Waals surface area contributed by atoms with Gasteiger partial charge in [-0.3, -0.25) is 0 Å². The number of nitrogens with one attached hydrogen (secondary N) is 1. The molecule has 1 saturated heterocycles. The molecule has 1 aliphatic rings. The molecule has 0 spiro atoms. The van der Waals surface area contributed by atoms with E-state index in [9.17, 15) is 4.79 Å². The zero-order valence-electron chi connectivity index (χ0n) is 12.1. The summed E-state index contributed by atoms with van der Waals surface area (Å²) in [7, 11) is 0. The van der Waals surface area contributed by atoms with Crippen molar-refractivity contribution >= 4 is 11.7 Å². The molecule has 4 nitrogen and oxygen atoms in total. The summed E-state index contributed by atoms with van der Waals surface area (Å²) in [6, 6.07) is 8.53. The minimum Gasteiger partial charge on any atom is -0.368 e. The number of rotatable bonds is 4. The summed E-state index contributed by atoms with van der Waals surface area (Å²) < 4.78 is 0. The van der Waals surface area contributed by atoms with Crippen molar-refractivity contribution in [1.82, 2.24) is 10.2 Å². The van der Waals surface area contributed by atoms with Crippen molar-refractivity contribution in [2.24, 2.45) is 0 Å². The number of nitrogens with zero attached hydrogens (tertiary/aromatic N) is 2. The molecule has 0 saturated carbocycles. The van der Waals surface area contributed by atoms with Crippen molar-refractivity contribution in [3.63, 3.8) is 0 Å². The van der Waals surface area contributed by atoms with Gasteiger partial charge in [-0.15, -0.1) is 6.58 Å². The molecule has 1 N–H and O–H groups in total. The number of carbonyl (C=O) groups is 1. The monoisotopic (exact) mass is 273 g/mol. The molecule has 1 aromatic carbocycles. The predicted molar refractivity (Wildman–Crippen MR) is 83.2 cm³/mol. The van der Waals surface area contributed by atoms with E-state index < -0.39 is 0 Å². The highest BCUT2D eigenvalue weighted by Crippen LogP contribution is 2.22. The van der Waals surface area contributed by atoms with Crippen molar-refractivity contribution in [3.8, 4) is 0 Å². The topological polar surface area (TPSA) is 35.6 Å². The molecule has 0 aliphatic carbocycles. The minimum absolute atomic E-state index is 0.00771. The Morgan fingerprint density at radius 1 is 1.30 bits per heavy atom. The molecule has 0 radical (unpaired) electrons. The largest absolute Gasteiger partial charge is 0.368 e. The fourth-order valence-corrected chi connectivity index (χ4v) is 2.54. The Bertz CT molecular complexity index is 465. The van der Waals surface area contributed by atoms with Gasteiger partial charge in [0.05, 0.1) is 0 Å². The number of hydrogen-bond acceptors (Lipinski definition) is 2. The van der Waals surface area contributed by atoms with Crippen molar-refractivity contribution in [1.29, 1.82) is 0 Å². The van der Waals surface area contributed by atoms with Gasteiger partial charge in [0.1, 0.15) is 0 Å². The fraction of sp³-hybridized carbons (Fsp3) is 0.438.